The molecule has 0 aliphatic heterocycles. The predicted octanol–water partition coefficient (Wildman–Crippen LogP) is 5.26. The van der Waals surface area contributed by atoms with Gasteiger partial charge in [-0.3, -0.25) is 4.79 Å². The zero-order valence-corrected chi connectivity index (χ0v) is 22.8. The number of carboxylic acid groups (broad SMARTS) is 1. The monoisotopic (exact) mass is 544 g/mol. The number of carboxylic acids is 1. The Balaban J connectivity index is 1.31. The van der Waals surface area contributed by atoms with Gasteiger partial charge in [0.1, 0.15) is 6.61 Å². The number of amides is 2. The normalized spacial score (nSPS) is 14.3. The SMILES string of the molecule is CCC[C@H](CC(=O)NC(C(=O)O)C(C)OCc1ccccc1)NC(=O)OCC1c2ccccc2-c2ccccc21. The molecule has 3 atom stereocenters. The Morgan fingerprint density at radius 3 is 2.08 bits per heavy atom. The molecule has 4 rings (SSSR count). The van der Waals surface area contributed by atoms with Gasteiger partial charge in [0.25, 0.3) is 0 Å². The molecular formula is C32H36N2O6. The summed E-state index contributed by atoms with van der Waals surface area (Å²) in [6, 6.07) is 23.9. The standard InChI is InChI=1S/C32H36N2O6/c1-3-11-23(18-29(35)34-30(31(36)37)21(2)39-19-22-12-5-4-6-13-22)33-32(38)40-20-28-26-16-9-7-14-24(26)25-15-8-10-17-27(25)28/h4-10,12-17,21,23,28,30H,3,11,18-20H2,1-2H3,(H,33,38)(H,34,35)(H,36,37)/t21?,23-,30?/m1/s1. The van der Waals surface area contributed by atoms with Gasteiger partial charge < -0.3 is 25.2 Å². The molecule has 0 saturated heterocycles. The summed E-state index contributed by atoms with van der Waals surface area (Å²) in [5, 5.41) is 15.1. The van der Waals surface area contributed by atoms with Crippen LogP contribution >= 0.6 is 0 Å². The van der Waals surface area contributed by atoms with Crippen LogP contribution in [0, 0.1) is 0 Å². The van der Waals surface area contributed by atoms with E-state index in [-0.39, 0.29) is 25.6 Å². The minimum absolute atomic E-state index is 0.0697. The molecule has 8 nitrogen and oxygen atoms in total. The second-order valence-electron chi connectivity index (χ2n) is 10.0. The first kappa shape index (κ1) is 28.8. The van der Waals surface area contributed by atoms with E-state index in [0.29, 0.717) is 6.42 Å². The molecule has 3 aromatic carbocycles. The summed E-state index contributed by atoms with van der Waals surface area (Å²) in [4.78, 5) is 37.5. The predicted molar refractivity (Wildman–Crippen MR) is 152 cm³/mol. The molecule has 8 heteroatoms. The third-order valence-corrected chi connectivity index (χ3v) is 7.14. The smallest absolute Gasteiger partial charge is 0.407 e. The van der Waals surface area contributed by atoms with Crippen LogP contribution in [0.2, 0.25) is 0 Å². The Morgan fingerprint density at radius 2 is 1.48 bits per heavy atom. The highest BCUT2D eigenvalue weighted by Crippen LogP contribution is 2.44. The molecule has 40 heavy (non-hydrogen) atoms. The minimum atomic E-state index is -1.23. The lowest BCUT2D eigenvalue weighted by atomic mass is 9.98. The van der Waals surface area contributed by atoms with Crippen LogP contribution in [0.1, 0.15) is 55.7 Å². The van der Waals surface area contributed by atoms with Crippen molar-refractivity contribution in [3.05, 3.63) is 95.6 Å². The van der Waals surface area contributed by atoms with Crippen LogP contribution in [0.3, 0.4) is 0 Å². The molecule has 210 valence electrons. The summed E-state index contributed by atoms with van der Waals surface area (Å²) in [5.41, 5.74) is 5.42. The van der Waals surface area contributed by atoms with Gasteiger partial charge in [-0.1, -0.05) is 92.2 Å². The van der Waals surface area contributed by atoms with Gasteiger partial charge in [-0.15, -0.1) is 0 Å². The number of nitrogens with one attached hydrogen (secondary N) is 2. The van der Waals surface area contributed by atoms with E-state index in [0.717, 1.165) is 34.2 Å². The lowest BCUT2D eigenvalue weighted by Gasteiger charge is -2.24. The van der Waals surface area contributed by atoms with Gasteiger partial charge >= 0.3 is 12.1 Å². The number of carbonyl (C=O) groups excluding carboxylic acids is 2. The summed E-state index contributed by atoms with van der Waals surface area (Å²) < 4.78 is 11.3. The van der Waals surface area contributed by atoms with E-state index in [2.05, 4.69) is 34.9 Å². The number of aliphatic carboxylic acids is 1. The van der Waals surface area contributed by atoms with Crippen molar-refractivity contribution < 1.29 is 29.0 Å². The Bertz CT molecular complexity index is 1270. The van der Waals surface area contributed by atoms with Crippen molar-refractivity contribution in [1.29, 1.82) is 0 Å². The van der Waals surface area contributed by atoms with E-state index in [1.165, 1.54) is 0 Å². The van der Waals surface area contributed by atoms with Crippen LogP contribution in [0.25, 0.3) is 11.1 Å². The fourth-order valence-corrected chi connectivity index (χ4v) is 5.11. The lowest BCUT2D eigenvalue weighted by Crippen LogP contribution is -2.50. The van der Waals surface area contributed by atoms with E-state index in [4.69, 9.17) is 9.47 Å². The third-order valence-electron chi connectivity index (χ3n) is 7.14. The molecule has 0 aromatic heterocycles. The zero-order valence-electron chi connectivity index (χ0n) is 22.8. The van der Waals surface area contributed by atoms with Gasteiger partial charge in [0, 0.05) is 18.4 Å². The first-order valence-electron chi connectivity index (χ1n) is 13.7. The molecule has 2 amide bonds. The van der Waals surface area contributed by atoms with E-state index in [1.54, 1.807) is 6.92 Å². The molecule has 2 unspecified atom stereocenters. The first-order chi connectivity index (χ1) is 19.4. The Hall–Kier alpha value is -4.17. The largest absolute Gasteiger partial charge is 0.480 e. The van der Waals surface area contributed by atoms with E-state index >= 15 is 0 Å². The van der Waals surface area contributed by atoms with Crippen molar-refractivity contribution in [1.82, 2.24) is 10.6 Å². The molecule has 0 radical (unpaired) electrons. The third kappa shape index (κ3) is 7.27. The maximum atomic E-state index is 12.8. The molecule has 1 aliphatic rings. The van der Waals surface area contributed by atoms with Gasteiger partial charge in [0.05, 0.1) is 12.7 Å². The van der Waals surface area contributed by atoms with Gasteiger partial charge in [-0.25, -0.2) is 9.59 Å². The number of alkyl carbamates (subject to hydrolysis) is 1. The number of carbonyl (C=O) groups is 3. The number of benzene rings is 3. The quantitative estimate of drug-likeness (QED) is 0.271. The van der Waals surface area contributed by atoms with Crippen molar-refractivity contribution in [2.24, 2.45) is 0 Å². The highest BCUT2D eigenvalue weighted by molar-refractivity contribution is 5.84. The molecular weight excluding hydrogens is 508 g/mol. The Kier molecular flexibility index (Phi) is 9.91. The van der Waals surface area contributed by atoms with Crippen LogP contribution in [-0.4, -0.2) is 47.9 Å². The van der Waals surface area contributed by atoms with Crippen molar-refractivity contribution in [2.45, 2.75) is 63.8 Å². The minimum Gasteiger partial charge on any atom is -0.480 e. The summed E-state index contributed by atoms with van der Waals surface area (Å²) >= 11 is 0. The molecule has 0 heterocycles. The zero-order chi connectivity index (χ0) is 28.5. The van der Waals surface area contributed by atoms with Crippen molar-refractivity contribution >= 4 is 18.0 Å². The van der Waals surface area contributed by atoms with Gasteiger partial charge in [-0.05, 0) is 41.2 Å². The van der Waals surface area contributed by atoms with Crippen LogP contribution in [0.5, 0.6) is 0 Å². The molecule has 3 aromatic rings. The maximum Gasteiger partial charge on any atom is 0.407 e. The topological polar surface area (TPSA) is 114 Å². The van der Waals surface area contributed by atoms with Crippen LogP contribution in [0.15, 0.2) is 78.9 Å². The van der Waals surface area contributed by atoms with Crippen molar-refractivity contribution in [3.8, 4) is 11.1 Å². The average Bonchev–Trinajstić information content (AvgIpc) is 3.27. The number of hydrogen-bond acceptors (Lipinski definition) is 5. The van der Waals surface area contributed by atoms with E-state index in [1.807, 2.05) is 61.5 Å². The highest BCUT2D eigenvalue weighted by atomic mass is 16.5. The summed E-state index contributed by atoms with van der Waals surface area (Å²) in [5.74, 6) is -1.75. The van der Waals surface area contributed by atoms with E-state index in [9.17, 15) is 19.5 Å². The number of rotatable bonds is 13. The molecule has 3 N–H and O–H groups in total. The fraction of sp³-hybridized carbons (Fsp3) is 0.344. The van der Waals surface area contributed by atoms with Gasteiger partial charge in [0.2, 0.25) is 5.91 Å². The van der Waals surface area contributed by atoms with Crippen LogP contribution < -0.4 is 10.6 Å². The summed E-state index contributed by atoms with van der Waals surface area (Å²) in [6.45, 7) is 3.95. The van der Waals surface area contributed by atoms with Crippen molar-refractivity contribution in [2.75, 3.05) is 6.61 Å². The molecule has 0 bridgehead atoms. The lowest BCUT2D eigenvalue weighted by molar-refractivity contribution is -0.146. The molecule has 0 spiro atoms. The van der Waals surface area contributed by atoms with Crippen molar-refractivity contribution in [3.63, 3.8) is 0 Å². The molecule has 1 aliphatic carbocycles. The first-order valence-corrected chi connectivity index (χ1v) is 13.7. The maximum absolute atomic E-state index is 12.8. The average molecular weight is 545 g/mol. The molecule has 0 saturated carbocycles. The summed E-state index contributed by atoms with van der Waals surface area (Å²) in [6.07, 6.45) is -0.188. The Morgan fingerprint density at radius 1 is 0.875 bits per heavy atom. The number of hydrogen-bond donors (Lipinski definition) is 3. The number of fused-ring (bicyclic) bond motifs is 3. The highest BCUT2D eigenvalue weighted by Gasteiger charge is 2.30. The van der Waals surface area contributed by atoms with E-state index < -0.39 is 36.2 Å². The van der Waals surface area contributed by atoms with Crippen LogP contribution in [0.4, 0.5) is 4.79 Å². The van der Waals surface area contributed by atoms with Crippen LogP contribution in [-0.2, 0) is 25.7 Å². The van der Waals surface area contributed by atoms with Gasteiger partial charge in [0.15, 0.2) is 6.04 Å². The summed E-state index contributed by atoms with van der Waals surface area (Å²) in [7, 11) is 0. The molecule has 0 fully saturated rings. The van der Waals surface area contributed by atoms with Gasteiger partial charge in [-0.2, -0.15) is 0 Å². The fourth-order valence-electron chi connectivity index (χ4n) is 5.11. The number of ether oxygens (including phenoxy) is 2. The second-order valence-corrected chi connectivity index (χ2v) is 10.0. The second kappa shape index (κ2) is 13.8. The Labute approximate surface area is 234 Å².